The summed E-state index contributed by atoms with van der Waals surface area (Å²) < 4.78 is 0. The Balaban J connectivity index is 1.73. The zero-order chi connectivity index (χ0) is 10.0. The third kappa shape index (κ3) is 1.75. The summed E-state index contributed by atoms with van der Waals surface area (Å²) in [7, 11) is 0. The first kappa shape index (κ1) is 9.51. The number of carbonyl (C=O) groups excluding carboxylic acids is 1. The van der Waals surface area contributed by atoms with Gasteiger partial charge in [0, 0.05) is 6.54 Å². The average Bonchev–Trinajstić information content (AvgIpc) is 2.87. The van der Waals surface area contributed by atoms with E-state index in [0.717, 1.165) is 38.1 Å². The molecule has 0 aliphatic heterocycles. The van der Waals surface area contributed by atoms with Crippen LogP contribution in [0.25, 0.3) is 0 Å². The smallest absolute Gasteiger partial charge is 0.240 e. The van der Waals surface area contributed by atoms with E-state index in [4.69, 9.17) is 5.26 Å². The van der Waals surface area contributed by atoms with Crippen molar-refractivity contribution in [2.45, 2.75) is 38.5 Å². The van der Waals surface area contributed by atoms with Crippen LogP contribution in [0.1, 0.15) is 38.5 Å². The van der Waals surface area contributed by atoms with Gasteiger partial charge in [-0.2, -0.15) is 5.26 Å². The fourth-order valence-electron chi connectivity index (χ4n) is 1.89. The summed E-state index contributed by atoms with van der Waals surface area (Å²) in [6.07, 6.45) is 6.24. The lowest BCUT2D eigenvalue weighted by Gasteiger charge is -2.33. The molecule has 2 aliphatic rings. The number of carbonyl (C=O) groups is 1. The molecule has 0 aromatic heterocycles. The van der Waals surface area contributed by atoms with Crippen LogP contribution in [0.15, 0.2) is 0 Å². The van der Waals surface area contributed by atoms with Gasteiger partial charge in [0.05, 0.1) is 6.07 Å². The lowest BCUT2D eigenvalue weighted by atomic mass is 9.69. The number of hydrogen-bond donors (Lipinski definition) is 1. The molecule has 0 bridgehead atoms. The number of hydrogen-bond acceptors (Lipinski definition) is 2. The molecule has 0 atom stereocenters. The van der Waals surface area contributed by atoms with Gasteiger partial charge >= 0.3 is 0 Å². The standard InChI is InChI=1S/C11H16N2O/c12-8-11(5-1-6-11)10(14)13-7-4-9-2-3-9/h9H,1-7H2,(H,13,14). The zero-order valence-electron chi connectivity index (χ0n) is 8.38. The van der Waals surface area contributed by atoms with Crippen molar-refractivity contribution in [3.8, 4) is 6.07 Å². The molecule has 1 amide bonds. The van der Waals surface area contributed by atoms with Crippen LogP contribution in [0.5, 0.6) is 0 Å². The molecule has 0 aromatic rings. The van der Waals surface area contributed by atoms with E-state index in [1.165, 1.54) is 12.8 Å². The van der Waals surface area contributed by atoms with Crippen LogP contribution >= 0.6 is 0 Å². The predicted octanol–water partition coefficient (Wildman–Crippen LogP) is 1.60. The van der Waals surface area contributed by atoms with E-state index in [1.54, 1.807) is 0 Å². The molecule has 0 radical (unpaired) electrons. The summed E-state index contributed by atoms with van der Waals surface area (Å²) in [6, 6.07) is 2.16. The second kappa shape index (κ2) is 3.61. The zero-order valence-corrected chi connectivity index (χ0v) is 8.38. The lowest BCUT2D eigenvalue weighted by molar-refractivity contribution is -0.131. The van der Waals surface area contributed by atoms with E-state index < -0.39 is 5.41 Å². The normalized spacial score (nSPS) is 23.4. The van der Waals surface area contributed by atoms with Crippen LogP contribution in [0.3, 0.4) is 0 Å². The first-order chi connectivity index (χ1) is 6.77. The van der Waals surface area contributed by atoms with Crippen LogP contribution in [0.2, 0.25) is 0 Å². The molecule has 0 aromatic carbocycles. The number of nitrogens with one attached hydrogen (secondary N) is 1. The van der Waals surface area contributed by atoms with Gasteiger partial charge in [0.15, 0.2) is 0 Å². The van der Waals surface area contributed by atoms with Crippen molar-refractivity contribution in [3.05, 3.63) is 0 Å². The topological polar surface area (TPSA) is 52.9 Å². The molecule has 3 heteroatoms. The molecule has 0 heterocycles. The summed E-state index contributed by atoms with van der Waals surface area (Å²) in [5.41, 5.74) is -0.663. The molecule has 2 fully saturated rings. The third-order valence-electron chi connectivity index (χ3n) is 3.39. The highest BCUT2D eigenvalue weighted by atomic mass is 16.2. The van der Waals surface area contributed by atoms with Crippen molar-refractivity contribution >= 4 is 5.91 Å². The molecule has 3 nitrogen and oxygen atoms in total. The van der Waals surface area contributed by atoms with Gasteiger partial charge in [0.25, 0.3) is 0 Å². The van der Waals surface area contributed by atoms with Crippen LogP contribution in [-0.4, -0.2) is 12.5 Å². The number of nitrogens with zero attached hydrogens (tertiary/aromatic N) is 1. The number of amides is 1. The Morgan fingerprint density at radius 3 is 2.64 bits per heavy atom. The summed E-state index contributed by atoms with van der Waals surface area (Å²) >= 11 is 0. The van der Waals surface area contributed by atoms with E-state index in [-0.39, 0.29) is 5.91 Å². The molecular formula is C11H16N2O. The predicted molar refractivity (Wildman–Crippen MR) is 52.2 cm³/mol. The molecule has 0 spiro atoms. The fraction of sp³-hybridized carbons (Fsp3) is 0.818. The minimum Gasteiger partial charge on any atom is -0.355 e. The maximum atomic E-state index is 11.6. The van der Waals surface area contributed by atoms with E-state index in [1.807, 2.05) is 0 Å². The van der Waals surface area contributed by atoms with E-state index in [0.29, 0.717) is 0 Å². The minimum atomic E-state index is -0.663. The summed E-state index contributed by atoms with van der Waals surface area (Å²) in [4.78, 5) is 11.6. The van der Waals surface area contributed by atoms with Crippen molar-refractivity contribution < 1.29 is 4.79 Å². The SMILES string of the molecule is N#CC1(C(=O)NCCC2CC2)CCC1. The fourth-order valence-corrected chi connectivity index (χ4v) is 1.89. The second-order valence-corrected chi connectivity index (χ2v) is 4.54. The van der Waals surface area contributed by atoms with Crippen molar-refractivity contribution in [1.29, 1.82) is 5.26 Å². The molecule has 2 rings (SSSR count). The van der Waals surface area contributed by atoms with E-state index in [2.05, 4.69) is 11.4 Å². The van der Waals surface area contributed by atoms with Gasteiger partial charge in [-0.05, 0) is 31.6 Å². The maximum Gasteiger partial charge on any atom is 0.240 e. The monoisotopic (exact) mass is 192 g/mol. The summed E-state index contributed by atoms with van der Waals surface area (Å²) in [5, 5.41) is 11.8. The van der Waals surface area contributed by atoms with Gasteiger partial charge in [-0.15, -0.1) is 0 Å². The number of rotatable bonds is 4. The molecule has 1 N–H and O–H groups in total. The van der Waals surface area contributed by atoms with Crippen molar-refractivity contribution in [3.63, 3.8) is 0 Å². The summed E-state index contributed by atoms with van der Waals surface area (Å²) in [5.74, 6) is 0.807. The van der Waals surface area contributed by atoms with Gasteiger partial charge in [0.1, 0.15) is 5.41 Å². The van der Waals surface area contributed by atoms with Gasteiger partial charge in [-0.1, -0.05) is 12.8 Å². The second-order valence-electron chi connectivity index (χ2n) is 4.54. The van der Waals surface area contributed by atoms with E-state index >= 15 is 0 Å². The Kier molecular flexibility index (Phi) is 2.45. The highest BCUT2D eigenvalue weighted by Gasteiger charge is 2.44. The highest BCUT2D eigenvalue weighted by molar-refractivity contribution is 5.86. The molecular weight excluding hydrogens is 176 g/mol. The molecule has 2 aliphatic carbocycles. The highest BCUT2D eigenvalue weighted by Crippen LogP contribution is 2.40. The minimum absolute atomic E-state index is 0.0353. The van der Waals surface area contributed by atoms with Gasteiger partial charge in [0.2, 0.25) is 5.91 Å². The number of nitriles is 1. The molecule has 0 saturated heterocycles. The maximum absolute atomic E-state index is 11.6. The van der Waals surface area contributed by atoms with Crippen LogP contribution < -0.4 is 5.32 Å². The molecule has 0 unspecified atom stereocenters. The Bertz CT molecular complexity index is 272. The van der Waals surface area contributed by atoms with Gasteiger partial charge in [-0.3, -0.25) is 4.79 Å². The van der Waals surface area contributed by atoms with Gasteiger partial charge < -0.3 is 5.32 Å². The Morgan fingerprint density at radius 1 is 1.50 bits per heavy atom. The van der Waals surface area contributed by atoms with E-state index in [9.17, 15) is 4.79 Å². The summed E-state index contributed by atoms with van der Waals surface area (Å²) in [6.45, 7) is 0.757. The molecule has 14 heavy (non-hydrogen) atoms. The third-order valence-corrected chi connectivity index (χ3v) is 3.39. The Hall–Kier alpha value is -1.04. The quantitative estimate of drug-likeness (QED) is 0.735. The average molecular weight is 192 g/mol. The first-order valence-corrected chi connectivity index (χ1v) is 5.46. The van der Waals surface area contributed by atoms with Crippen LogP contribution in [0.4, 0.5) is 0 Å². The van der Waals surface area contributed by atoms with Crippen LogP contribution in [0, 0.1) is 22.7 Å². The Morgan fingerprint density at radius 2 is 2.21 bits per heavy atom. The Labute approximate surface area is 84.5 Å². The molecule has 2 saturated carbocycles. The van der Waals surface area contributed by atoms with Gasteiger partial charge in [-0.25, -0.2) is 0 Å². The van der Waals surface area contributed by atoms with Crippen molar-refractivity contribution in [1.82, 2.24) is 5.32 Å². The first-order valence-electron chi connectivity index (χ1n) is 5.46. The van der Waals surface area contributed by atoms with Crippen LogP contribution in [-0.2, 0) is 4.79 Å². The van der Waals surface area contributed by atoms with Crippen molar-refractivity contribution in [2.24, 2.45) is 11.3 Å². The van der Waals surface area contributed by atoms with Crippen molar-refractivity contribution in [2.75, 3.05) is 6.54 Å². The molecule has 76 valence electrons. The lowest BCUT2D eigenvalue weighted by Crippen LogP contribution is -2.45. The largest absolute Gasteiger partial charge is 0.355 e.